The van der Waals surface area contributed by atoms with E-state index in [0.29, 0.717) is 0 Å². The molecule has 0 unspecified atom stereocenters. The quantitative estimate of drug-likeness (QED) is 0.386. The second kappa shape index (κ2) is 5.86. The van der Waals surface area contributed by atoms with Crippen molar-refractivity contribution in [2.24, 2.45) is 0 Å². The molecule has 0 saturated carbocycles. The van der Waals surface area contributed by atoms with Crippen molar-refractivity contribution >= 4 is 20.8 Å². The number of hydrogen-bond donors (Lipinski definition) is 4. The van der Waals surface area contributed by atoms with Gasteiger partial charge in [-0.25, -0.2) is 0 Å². The van der Waals surface area contributed by atoms with E-state index in [0.717, 1.165) is 0 Å². The summed E-state index contributed by atoms with van der Waals surface area (Å²) in [6, 6.07) is 0. The predicted octanol–water partition coefficient (Wildman–Crippen LogP) is -1.31. The van der Waals surface area contributed by atoms with Crippen LogP contribution >= 0.6 is 0 Å². The SMILES string of the molecule is O=S(=O)(O)O.O=S(=O)(O)O.[Cr]. The van der Waals surface area contributed by atoms with E-state index in [9.17, 15) is 0 Å². The van der Waals surface area contributed by atoms with Crippen LogP contribution in [0.5, 0.6) is 0 Å². The summed E-state index contributed by atoms with van der Waals surface area (Å²) in [6.07, 6.45) is 0. The van der Waals surface area contributed by atoms with E-state index in [1.54, 1.807) is 0 Å². The van der Waals surface area contributed by atoms with Crippen LogP contribution in [0.25, 0.3) is 0 Å². The molecule has 0 aromatic rings. The minimum Gasteiger partial charge on any atom is -0.264 e. The van der Waals surface area contributed by atoms with Gasteiger partial charge < -0.3 is 0 Å². The zero-order chi connectivity index (χ0) is 9.00. The first kappa shape index (κ1) is 17.4. The standard InChI is InChI=1S/Cr.2H2O4S/c;2*1-5(2,3)4/h;2*(H2,1,2,3,4). The van der Waals surface area contributed by atoms with E-state index in [4.69, 9.17) is 35.0 Å². The Labute approximate surface area is 73.5 Å². The van der Waals surface area contributed by atoms with Crippen molar-refractivity contribution in [3.05, 3.63) is 0 Å². The summed E-state index contributed by atoms with van der Waals surface area (Å²) in [5.41, 5.74) is 0. The van der Waals surface area contributed by atoms with Crippen LogP contribution in [0.4, 0.5) is 0 Å². The van der Waals surface area contributed by atoms with Crippen LogP contribution in [0.2, 0.25) is 0 Å². The maximum Gasteiger partial charge on any atom is 0.394 e. The summed E-state index contributed by atoms with van der Waals surface area (Å²) in [4.78, 5) is 0. The third-order valence-corrected chi connectivity index (χ3v) is 0. The van der Waals surface area contributed by atoms with Crippen molar-refractivity contribution in [3.63, 3.8) is 0 Å². The van der Waals surface area contributed by atoms with Gasteiger partial charge in [0.1, 0.15) is 0 Å². The molecular weight excluding hydrogens is 244 g/mol. The van der Waals surface area contributed by atoms with E-state index in [-0.39, 0.29) is 17.4 Å². The fourth-order valence-corrected chi connectivity index (χ4v) is 0. The van der Waals surface area contributed by atoms with Crippen molar-refractivity contribution < 1.29 is 52.4 Å². The van der Waals surface area contributed by atoms with Gasteiger partial charge in [-0.15, -0.1) is 0 Å². The molecule has 0 bridgehead atoms. The topological polar surface area (TPSA) is 149 Å². The summed E-state index contributed by atoms with van der Waals surface area (Å²) >= 11 is 0. The first-order valence-corrected chi connectivity index (χ1v) is 4.19. The first-order chi connectivity index (χ1) is 4.00. The molecule has 0 rings (SSSR count). The van der Waals surface area contributed by atoms with E-state index in [1.165, 1.54) is 0 Å². The minimum absolute atomic E-state index is 0. The Balaban J connectivity index is -0.000000107. The van der Waals surface area contributed by atoms with Gasteiger partial charge in [0.05, 0.1) is 0 Å². The average molecular weight is 248 g/mol. The van der Waals surface area contributed by atoms with Gasteiger partial charge in [-0.05, 0) is 0 Å². The summed E-state index contributed by atoms with van der Waals surface area (Å²) in [5.74, 6) is 0. The number of hydrogen-bond acceptors (Lipinski definition) is 4. The molecule has 8 nitrogen and oxygen atoms in total. The molecule has 70 valence electrons. The molecule has 0 aliphatic heterocycles. The van der Waals surface area contributed by atoms with Gasteiger partial charge in [0.25, 0.3) is 0 Å². The molecule has 4 N–H and O–H groups in total. The summed E-state index contributed by atoms with van der Waals surface area (Å²) < 4.78 is 63.2. The van der Waals surface area contributed by atoms with Crippen molar-refractivity contribution in [1.82, 2.24) is 0 Å². The fraction of sp³-hybridized carbons (Fsp3) is 0. The summed E-state index contributed by atoms with van der Waals surface area (Å²) in [5, 5.41) is 0. The van der Waals surface area contributed by atoms with E-state index < -0.39 is 20.8 Å². The zero-order valence-electron chi connectivity index (χ0n) is 4.65. The van der Waals surface area contributed by atoms with Crippen LogP contribution in [-0.2, 0) is 38.2 Å². The monoisotopic (exact) mass is 248 g/mol. The Morgan fingerprint density at radius 1 is 0.636 bits per heavy atom. The normalized spacial score (nSPS) is 10.5. The van der Waals surface area contributed by atoms with Crippen LogP contribution in [0, 0.1) is 0 Å². The Hall–Kier alpha value is 0.272. The molecule has 0 fully saturated rings. The molecular formula is H4CrO8S2. The molecule has 0 aromatic carbocycles. The minimum atomic E-state index is -4.67. The van der Waals surface area contributed by atoms with Crippen molar-refractivity contribution in [2.75, 3.05) is 0 Å². The van der Waals surface area contributed by atoms with E-state index in [2.05, 4.69) is 0 Å². The maximum absolute atomic E-state index is 8.74. The third-order valence-electron chi connectivity index (χ3n) is 0. The smallest absolute Gasteiger partial charge is 0.264 e. The molecule has 0 saturated heterocycles. The van der Waals surface area contributed by atoms with E-state index in [1.807, 2.05) is 0 Å². The van der Waals surface area contributed by atoms with Crippen LogP contribution in [-0.4, -0.2) is 35.0 Å². The fourth-order valence-electron chi connectivity index (χ4n) is 0. The van der Waals surface area contributed by atoms with Gasteiger partial charge in [0.2, 0.25) is 0 Å². The van der Waals surface area contributed by atoms with Gasteiger partial charge in [0.15, 0.2) is 0 Å². The predicted molar refractivity (Wildman–Crippen MR) is 28.4 cm³/mol. The molecule has 0 spiro atoms. The van der Waals surface area contributed by atoms with E-state index >= 15 is 0 Å². The Bertz CT molecular complexity index is 208. The van der Waals surface area contributed by atoms with Crippen LogP contribution < -0.4 is 0 Å². The second-order valence-electron chi connectivity index (χ2n) is 0.896. The van der Waals surface area contributed by atoms with Gasteiger partial charge in [0, 0.05) is 17.4 Å². The largest absolute Gasteiger partial charge is 0.394 e. The second-order valence-corrected chi connectivity index (χ2v) is 2.69. The Morgan fingerprint density at radius 2 is 0.636 bits per heavy atom. The molecule has 0 amide bonds. The maximum atomic E-state index is 8.74. The Kier molecular flexibility index (Phi) is 9.27. The van der Waals surface area contributed by atoms with Crippen molar-refractivity contribution in [1.29, 1.82) is 0 Å². The molecule has 0 aliphatic carbocycles. The van der Waals surface area contributed by atoms with Crippen molar-refractivity contribution in [2.45, 2.75) is 0 Å². The molecule has 11 heteroatoms. The molecule has 0 aliphatic rings. The molecule has 11 heavy (non-hydrogen) atoms. The van der Waals surface area contributed by atoms with Gasteiger partial charge >= 0.3 is 20.8 Å². The molecule has 0 atom stereocenters. The first-order valence-electron chi connectivity index (χ1n) is 1.40. The number of rotatable bonds is 0. The van der Waals surface area contributed by atoms with Gasteiger partial charge in [-0.3, -0.25) is 18.2 Å². The Morgan fingerprint density at radius 3 is 0.636 bits per heavy atom. The molecule has 0 heterocycles. The van der Waals surface area contributed by atoms with Crippen LogP contribution in [0.1, 0.15) is 0 Å². The summed E-state index contributed by atoms with van der Waals surface area (Å²) in [7, 11) is -9.33. The summed E-state index contributed by atoms with van der Waals surface area (Å²) in [6.45, 7) is 0. The molecule has 0 radical (unpaired) electrons. The average Bonchev–Trinajstić information content (AvgIpc) is 1.12. The van der Waals surface area contributed by atoms with Crippen LogP contribution in [0.15, 0.2) is 0 Å². The van der Waals surface area contributed by atoms with Gasteiger partial charge in [-0.2, -0.15) is 16.8 Å². The third kappa shape index (κ3) is 9470. The van der Waals surface area contributed by atoms with Gasteiger partial charge in [-0.1, -0.05) is 0 Å². The molecule has 0 aromatic heterocycles. The van der Waals surface area contributed by atoms with Crippen LogP contribution in [0.3, 0.4) is 0 Å². The van der Waals surface area contributed by atoms with Crippen molar-refractivity contribution in [3.8, 4) is 0 Å². The zero-order valence-corrected chi connectivity index (χ0v) is 7.55.